The number of alkyl halides is 3. The lowest BCUT2D eigenvalue weighted by Gasteiger charge is -2.21. The van der Waals surface area contributed by atoms with E-state index in [4.69, 9.17) is 5.11 Å². The summed E-state index contributed by atoms with van der Waals surface area (Å²) in [5, 5.41) is 8.76. The van der Waals surface area contributed by atoms with Gasteiger partial charge in [0.05, 0.1) is 6.54 Å². The summed E-state index contributed by atoms with van der Waals surface area (Å²) in [6.45, 7) is 0.760. The van der Waals surface area contributed by atoms with Crippen molar-refractivity contribution >= 4 is 5.97 Å². The summed E-state index contributed by atoms with van der Waals surface area (Å²) >= 11 is 0. The third-order valence-electron chi connectivity index (χ3n) is 2.67. The smallest absolute Gasteiger partial charge is 0.401 e. The Morgan fingerprint density at radius 2 is 2.06 bits per heavy atom. The zero-order valence-electron chi connectivity index (χ0n) is 9.63. The van der Waals surface area contributed by atoms with Crippen LogP contribution in [0.1, 0.15) is 26.2 Å². The molecule has 0 heterocycles. The van der Waals surface area contributed by atoms with Crippen molar-refractivity contribution in [3.8, 4) is 0 Å². The molecule has 0 aliphatic heterocycles. The second-order valence-electron chi connectivity index (χ2n) is 4.16. The molecule has 1 aliphatic carbocycles. The summed E-state index contributed by atoms with van der Waals surface area (Å²) in [7, 11) is 0. The van der Waals surface area contributed by atoms with E-state index < -0.39 is 18.7 Å². The summed E-state index contributed by atoms with van der Waals surface area (Å²) in [6.07, 6.45) is -1.00. The fourth-order valence-corrected chi connectivity index (χ4v) is 1.62. The first-order chi connectivity index (χ1) is 7.83. The van der Waals surface area contributed by atoms with Crippen LogP contribution in [0.3, 0.4) is 0 Å². The number of carboxylic acid groups (broad SMARTS) is 1. The predicted octanol–water partition coefficient (Wildman–Crippen LogP) is 2.43. The summed E-state index contributed by atoms with van der Waals surface area (Å²) in [6, 6.07) is -0.0419. The summed E-state index contributed by atoms with van der Waals surface area (Å²) < 4.78 is 36.8. The van der Waals surface area contributed by atoms with Crippen molar-refractivity contribution < 1.29 is 23.1 Å². The number of halogens is 3. The molecule has 0 unspecified atom stereocenters. The highest BCUT2D eigenvalue weighted by Gasteiger charge is 2.37. The number of nitrogens with zero attached hydrogens (tertiary/aromatic N) is 1. The van der Waals surface area contributed by atoms with Gasteiger partial charge in [-0.2, -0.15) is 13.2 Å². The van der Waals surface area contributed by atoms with Gasteiger partial charge in [0.2, 0.25) is 0 Å². The van der Waals surface area contributed by atoms with Crippen molar-refractivity contribution in [1.82, 2.24) is 4.90 Å². The van der Waals surface area contributed by atoms with Crippen LogP contribution >= 0.6 is 0 Å². The number of hydrogen-bond donors (Lipinski definition) is 1. The van der Waals surface area contributed by atoms with Crippen molar-refractivity contribution in [2.75, 3.05) is 13.1 Å². The number of carbonyl (C=O) groups is 1. The average molecular weight is 251 g/mol. The van der Waals surface area contributed by atoms with Crippen LogP contribution in [0.2, 0.25) is 0 Å². The standard InChI is InChI=1S/C11H16F3NO2/c1-2-8(10(16)17)5-6-15(9-3-4-9)7-11(12,13)14/h5,9H,2-4,6-7H2,1H3,(H,16,17). The maximum Gasteiger partial charge on any atom is 0.401 e. The van der Waals surface area contributed by atoms with Crippen molar-refractivity contribution in [3.63, 3.8) is 0 Å². The molecule has 0 aromatic carbocycles. The SMILES string of the molecule is CCC(=CCN(CC(F)(F)F)C1CC1)C(=O)O. The fourth-order valence-electron chi connectivity index (χ4n) is 1.62. The third kappa shape index (κ3) is 5.21. The molecule has 1 saturated carbocycles. The van der Waals surface area contributed by atoms with Crippen molar-refractivity contribution in [2.45, 2.75) is 38.4 Å². The summed E-state index contributed by atoms with van der Waals surface area (Å²) in [4.78, 5) is 12.0. The second-order valence-corrected chi connectivity index (χ2v) is 4.16. The monoisotopic (exact) mass is 251 g/mol. The first-order valence-corrected chi connectivity index (χ1v) is 5.56. The highest BCUT2D eigenvalue weighted by atomic mass is 19.4. The minimum absolute atomic E-state index is 0.0419. The maximum atomic E-state index is 12.3. The van der Waals surface area contributed by atoms with E-state index in [0.717, 1.165) is 12.8 Å². The molecule has 1 aliphatic rings. The van der Waals surface area contributed by atoms with Gasteiger partial charge in [0.1, 0.15) is 0 Å². The van der Waals surface area contributed by atoms with Crippen LogP contribution in [-0.2, 0) is 4.79 Å². The molecule has 1 rings (SSSR count). The lowest BCUT2D eigenvalue weighted by Crippen LogP contribution is -2.36. The topological polar surface area (TPSA) is 40.5 Å². The minimum Gasteiger partial charge on any atom is -0.478 e. The predicted molar refractivity (Wildman–Crippen MR) is 56.7 cm³/mol. The molecule has 0 bridgehead atoms. The lowest BCUT2D eigenvalue weighted by atomic mass is 10.2. The molecule has 1 N–H and O–H groups in total. The average Bonchev–Trinajstić information content (AvgIpc) is 2.97. The molecule has 98 valence electrons. The Morgan fingerprint density at radius 3 is 2.41 bits per heavy atom. The number of carboxylic acids is 1. The zero-order valence-corrected chi connectivity index (χ0v) is 9.63. The molecule has 0 spiro atoms. The van der Waals surface area contributed by atoms with Gasteiger partial charge in [-0.15, -0.1) is 0 Å². The number of aliphatic carboxylic acids is 1. The molecule has 0 radical (unpaired) electrons. The van der Waals surface area contributed by atoms with E-state index in [1.807, 2.05) is 0 Å². The second kappa shape index (κ2) is 5.53. The molecule has 3 nitrogen and oxygen atoms in total. The molecule has 0 atom stereocenters. The van der Waals surface area contributed by atoms with Gasteiger partial charge in [-0.1, -0.05) is 13.0 Å². The van der Waals surface area contributed by atoms with Gasteiger partial charge in [-0.3, -0.25) is 4.90 Å². The van der Waals surface area contributed by atoms with Crippen LogP contribution in [0.25, 0.3) is 0 Å². The third-order valence-corrected chi connectivity index (χ3v) is 2.67. The fraction of sp³-hybridized carbons (Fsp3) is 0.727. The van der Waals surface area contributed by atoms with E-state index in [1.54, 1.807) is 6.92 Å². The molecule has 0 amide bonds. The number of rotatable bonds is 6. The van der Waals surface area contributed by atoms with Gasteiger partial charge in [0, 0.05) is 18.2 Å². The Hall–Kier alpha value is -1.04. The first kappa shape index (κ1) is 14.0. The van der Waals surface area contributed by atoms with Gasteiger partial charge < -0.3 is 5.11 Å². The van der Waals surface area contributed by atoms with Crippen LogP contribution in [-0.4, -0.2) is 41.3 Å². The van der Waals surface area contributed by atoms with E-state index in [2.05, 4.69) is 0 Å². The van der Waals surface area contributed by atoms with Crippen LogP contribution < -0.4 is 0 Å². The Bertz CT molecular complexity index is 308. The quantitative estimate of drug-likeness (QED) is 0.737. The zero-order chi connectivity index (χ0) is 13.1. The maximum absolute atomic E-state index is 12.3. The Morgan fingerprint density at radius 1 is 1.47 bits per heavy atom. The van der Waals surface area contributed by atoms with Gasteiger partial charge in [-0.25, -0.2) is 4.79 Å². The molecule has 6 heteroatoms. The number of hydrogen-bond acceptors (Lipinski definition) is 2. The van der Waals surface area contributed by atoms with Crippen LogP contribution in [0.5, 0.6) is 0 Å². The van der Waals surface area contributed by atoms with Gasteiger partial charge in [-0.05, 0) is 19.3 Å². The Balaban J connectivity index is 2.58. The molecule has 0 aromatic heterocycles. The van der Waals surface area contributed by atoms with E-state index >= 15 is 0 Å². The highest BCUT2D eigenvalue weighted by molar-refractivity contribution is 5.86. The van der Waals surface area contributed by atoms with Gasteiger partial charge in [0.15, 0.2) is 0 Å². The molecule has 17 heavy (non-hydrogen) atoms. The van der Waals surface area contributed by atoms with Crippen molar-refractivity contribution in [2.24, 2.45) is 0 Å². The normalized spacial score (nSPS) is 17.6. The molecular formula is C11H16F3NO2. The Labute approximate surface area is 97.9 Å². The van der Waals surface area contributed by atoms with Crippen LogP contribution in [0.4, 0.5) is 13.2 Å². The lowest BCUT2D eigenvalue weighted by molar-refractivity contribution is -0.145. The Kier molecular flexibility index (Phi) is 4.56. The van der Waals surface area contributed by atoms with Crippen molar-refractivity contribution in [3.05, 3.63) is 11.6 Å². The van der Waals surface area contributed by atoms with E-state index in [0.29, 0.717) is 6.42 Å². The minimum atomic E-state index is -4.23. The summed E-state index contributed by atoms with van der Waals surface area (Å²) in [5.41, 5.74) is 0.165. The van der Waals surface area contributed by atoms with Crippen LogP contribution in [0, 0.1) is 0 Å². The van der Waals surface area contributed by atoms with E-state index in [-0.39, 0.29) is 18.2 Å². The molecule has 1 fully saturated rings. The van der Waals surface area contributed by atoms with Crippen LogP contribution in [0.15, 0.2) is 11.6 Å². The van der Waals surface area contributed by atoms with E-state index in [1.165, 1.54) is 11.0 Å². The van der Waals surface area contributed by atoms with Gasteiger partial charge in [0.25, 0.3) is 0 Å². The molecule has 0 aromatic rings. The van der Waals surface area contributed by atoms with Crippen molar-refractivity contribution in [1.29, 1.82) is 0 Å². The van der Waals surface area contributed by atoms with E-state index in [9.17, 15) is 18.0 Å². The molecular weight excluding hydrogens is 235 g/mol. The molecule has 0 saturated heterocycles. The largest absolute Gasteiger partial charge is 0.478 e. The summed E-state index contributed by atoms with van der Waals surface area (Å²) in [5.74, 6) is -1.06. The first-order valence-electron chi connectivity index (χ1n) is 5.56. The highest BCUT2D eigenvalue weighted by Crippen LogP contribution is 2.30. The van der Waals surface area contributed by atoms with Gasteiger partial charge >= 0.3 is 12.1 Å².